The maximum atomic E-state index is 14.1. The predicted octanol–water partition coefficient (Wildman–Crippen LogP) is 3.96. The van der Waals surface area contributed by atoms with Crippen LogP contribution in [0.15, 0.2) is 12.1 Å². The molecule has 1 N–H and O–H groups in total. The lowest BCUT2D eigenvalue weighted by Gasteiger charge is -2.44. The molecule has 0 heterocycles. The molecule has 0 radical (unpaired) electrons. The first-order valence-electron chi connectivity index (χ1n) is 7.31. The highest BCUT2D eigenvalue weighted by Crippen LogP contribution is 2.43. The summed E-state index contributed by atoms with van der Waals surface area (Å²) in [5.41, 5.74) is -0.473. The highest BCUT2D eigenvalue weighted by Gasteiger charge is 2.43. The fourth-order valence-electron chi connectivity index (χ4n) is 3.33. The minimum Gasteiger partial charge on any atom is -0.376 e. The standard InChI is InChI=1S/C16H22F3NO/c1-10-6-8-16(21-3,9-7-10)15(20-2)11-4-5-12(17)14(19)13(11)18/h4-5,10,15,20H,6-9H2,1-3H3. The van der Waals surface area contributed by atoms with Gasteiger partial charge in [0, 0.05) is 12.7 Å². The summed E-state index contributed by atoms with van der Waals surface area (Å²) in [5, 5.41) is 3.03. The molecule has 1 saturated carbocycles. The number of hydrogen-bond acceptors (Lipinski definition) is 2. The molecule has 0 spiro atoms. The minimum absolute atomic E-state index is 0.118. The average Bonchev–Trinajstić information content (AvgIpc) is 2.50. The van der Waals surface area contributed by atoms with E-state index in [0.29, 0.717) is 5.92 Å². The average molecular weight is 301 g/mol. The summed E-state index contributed by atoms with van der Waals surface area (Å²) < 4.78 is 46.5. The number of rotatable bonds is 4. The van der Waals surface area contributed by atoms with Crippen molar-refractivity contribution in [1.29, 1.82) is 0 Å². The van der Waals surface area contributed by atoms with Gasteiger partial charge >= 0.3 is 0 Å². The third kappa shape index (κ3) is 2.94. The lowest BCUT2D eigenvalue weighted by molar-refractivity contribution is -0.0753. The van der Waals surface area contributed by atoms with Gasteiger partial charge in [-0.2, -0.15) is 0 Å². The van der Waals surface area contributed by atoms with Gasteiger partial charge in [-0.15, -0.1) is 0 Å². The zero-order valence-corrected chi connectivity index (χ0v) is 12.7. The number of hydrogen-bond donors (Lipinski definition) is 1. The second-order valence-corrected chi connectivity index (χ2v) is 5.94. The highest BCUT2D eigenvalue weighted by atomic mass is 19.2. The summed E-state index contributed by atoms with van der Waals surface area (Å²) in [7, 11) is 3.28. The van der Waals surface area contributed by atoms with Crippen molar-refractivity contribution in [2.24, 2.45) is 5.92 Å². The number of ether oxygens (including phenoxy) is 1. The van der Waals surface area contributed by atoms with Gasteiger partial charge in [-0.1, -0.05) is 13.0 Å². The Hall–Kier alpha value is -1.07. The van der Waals surface area contributed by atoms with Crippen LogP contribution >= 0.6 is 0 Å². The van der Waals surface area contributed by atoms with E-state index in [1.54, 1.807) is 14.2 Å². The molecule has 5 heteroatoms. The molecule has 0 bridgehead atoms. The van der Waals surface area contributed by atoms with E-state index in [1.807, 2.05) is 0 Å². The summed E-state index contributed by atoms with van der Waals surface area (Å²) in [5.74, 6) is -3.14. The van der Waals surface area contributed by atoms with Crippen LogP contribution in [0.2, 0.25) is 0 Å². The highest BCUT2D eigenvalue weighted by molar-refractivity contribution is 5.26. The van der Waals surface area contributed by atoms with E-state index in [4.69, 9.17) is 4.74 Å². The number of benzene rings is 1. The normalized spacial score (nSPS) is 27.6. The number of nitrogens with one attached hydrogen (secondary N) is 1. The van der Waals surface area contributed by atoms with Gasteiger partial charge in [0.25, 0.3) is 0 Å². The summed E-state index contributed by atoms with van der Waals surface area (Å²) in [6.07, 6.45) is 3.46. The van der Waals surface area contributed by atoms with Gasteiger partial charge in [-0.25, -0.2) is 13.2 Å². The summed E-state index contributed by atoms with van der Waals surface area (Å²) in [6.45, 7) is 2.17. The number of methoxy groups -OCH3 is 1. The topological polar surface area (TPSA) is 21.3 Å². The quantitative estimate of drug-likeness (QED) is 0.850. The van der Waals surface area contributed by atoms with E-state index < -0.39 is 29.1 Å². The van der Waals surface area contributed by atoms with Crippen LogP contribution in [0.1, 0.15) is 44.2 Å². The molecule has 0 saturated heterocycles. The summed E-state index contributed by atoms with van der Waals surface area (Å²) >= 11 is 0. The van der Waals surface area contributed by atoms with Crippen molar-refractivity contribution in [2.45, 2.75) is 44.2 Å². The second-order valence-electron chi connectivity index (χ2n) is 5.94. The van der Waals surface area contributed by atoms with Crippen LogP contribution in [0.5, 0.6) is 0 Å². The lowest BCUT2D eigenvalue weighted by Crippen LogP contribution is -2.47. The Morgan fingerprint density at radius 1 is 1.19 bits per heavy atom. The Balaban J connectivity index is 2.41. The number of halogens is 3. The molecule has 0 aliphatic heterocycles. The van der Waals surface area contributed by atoms with Gasteiger partial charge in [-0.3, -0.25) is 0 Å². The van der Waals surface area contributed by atoms with Crippen molar-refractivity contribution in [3.63, 3.8) is 0 Å². The second kappa shape index (κ2) is 6.36. The van der Waals surface area contributed by atoms with Gasteiger partial charge in [0.15, 0.2) is 17.5 Å². The van der Waals surface area contributed by atoms with Crippen LogP contribution in [0.3, 0.4) is 0 Å². The smallest absolute Gasteiger partial charge is 0.194 e. The molecule has 1 fully saturated rings. The molecule has 1 unspecified atom stereocenters. The molecule has 21 heavy (non-hydrogen) atoms. The SMILES string of the molecule is CNC(c1ccc(F)c(F)c1F)C1(OC)CCC(C)CC1. The van der Waals surface area contributed by atoms with Crippen LogP contribution in [0.25, 0.3) is 0 Å². The first-order chi connectivity index (χ1) is 9.95. The van der Waals surface area contributed by atoms with Crippen molar-refractivity contribution >= 4 is 0 Å². The van der Waals surface area contributed by atoms with Crippen molar-refractivity contribution in [2.75, 3.05) is 14.2 Å². The van der Waals surface area contributed by atoms with Crippen molar-refractivity contribution < 1.29 is 17.9 Å². The zero-order valence-electron chi connectivity index (χ0n) is 12.7. The molecule has 1 aliphatic rings. The van der Waals surface area contributed by atoms with Gasteiger partial charge in [-0.05, 0) is 44.7 Å². The Bertz CT molecular complexity index is 499. The molecule has 0 amide bonds. The molecule has 2 rings (SSSR count). The first kappa shape index (κ1) is 16.3. The zero-order chi connectivity index (χ0) is 15.6. The van der Waals surface area contributed by atoms with Crippen LogP contribution in [-0.2, 0) is 4.74 Å². The summed E-state index contributed by atoms with van der Waals surface area (Å²) in [4.78, 5) is 0. The fourth-order valence-corrected chi connectivity index (χ4v) is 3.33. The molecule has 1 aromatic rings. The molecule has 1 aromatic carbocycles. The Morgan fingerprint density at radius 3 is 2.33 bits per heavy atom. The Morgan fingerprint density at radius 2 is 1.81 bits per heavy atom. The molecule has 1 aliphatic carbocycles. The molecular weight excluding hydrogens is 279 g/mol. The first-order valence-corrected chi connectivity index (χ1v) is 7.31. The number of likely N-dealkylation sites (N-methyl/N-ethyl adjacent to an activating group) is 1. The monoisotopic (exact) mass is 301 g/mol. The van der Waals surface area contributed by atoms with Crippen LogP contribution < -0.4 is 5.32 Å². The maximum absolute atomic E-state index is 14.1. The van der Waals surface area contributed by atoms with Gasteiger partial charge in [0.2, 0.25) is 0 Å². The molecule has 1 atom stereocenters. The lowest BCUT2D eigenvalue weighted by atomic mass is 9.73. The molecular formula is C16H22F3NO. The summed E-state index contributed by atoms with van der Waals surface area (Å²) in [6, 6.07) is 1.76. The third-order valence-corrected chi connectivity index (χ3v) is 4.72. The van der Waals surface area contributed by atoms with E-state index in [1.165, 1.54) is 6.07 Å². The fraction of sp³-hybridized carbons (Fsp3) is 0.625. The molecule has 2 nitrogen and oxygen atoms in total. The molecule has 118 valence electrons. The van der Waals surface area contributed by atoms with E-state index in [2.05, 4.69) is 12.2 Å². The van der Waals surface area contributed by atoms with Gasteiger partial charge in [0.1, 0.15) is 0 Å². The van der Waals surface area contributed by atoms with Crippen LogP contribution in [-0.4, -0.2) is 19.8 Å². The minimum atomic E-state index is -1.43. The molecule has 0 aromatic heterocycles. The van der Waals surface area contributed by atoms with E-state index in [0.717, 1.165) is 31.7 Å². The van der Waals surface area contributed by atoms with E-state index >= 15 is 0 Å². The van der Waals surface area contributed by atoms with Crippen LogP contribution in [0.4, 0.5) is 13.2 Å². The van der Waals surface area contributed by atoms with Gasteiger partial charge < -0.3 is 10.1 Å². The van der Waals surface area contributed by atoms with E-state index in [-0.39, 0.29) is 5.56 Å². The van der Waals surface area contributed by atoms with Crippen molar-refractivity contribution in [1.82, 2.24) is 5.32 Å². The Labute approximate surface area is 123 Å². The predicted molar refractivity (Wildman–Crippen MR) is 75.5 cm³/mol. The van der Waals surface area contributed by atoms with E-state index in [9.17, 15) is 13.2 Å². The van der Waals surface area contributed by atoms with Crippen LogP contribution in [0, 0.1) is 23.4 Å². The van der Waals surface area contributed by atoms with Gasteiger partial charge in [0.05, 0.1) is 11.6 Å². The maximum Gasteiger partial charge on any atom is 0.194 e. The Kier molecular flexibility index (Phi) is 4.94. The van der Waals surface area contributed by atoms with Crippen molar-refractivity contribution in [3.8, 4) is 0 Å². The third-order valence-electron chi connectivity index (χ3n) is 4.72. The van der Waals surface area contributed by atoms with Crippen molar-refractivity contribution in [3.05, 3.63) is 35.1 Å². The largest absolute Gasteiger partial charge is 0.376 e.